The molecule has 1 aliphatic carbocycles. The highest BCUT2D eigenvalue weighted by Crippen LogP contribution is 2.35. The average molecular weight is 351 g/mol. The molecule has 2 amide bonds. The lowest BCUT2D eigenvalue weighted by Crippen LogP contribution is -2.48. The van der Waals surface area contributed by atoms with E-state index in [1.54, 1.807) is 0 Å². The zero-order valence-corrected chi connectivity index (χ0v) is 15.0. The van der Waals surface area contributed by atoms with Crippen molar-refractivity contribution in [3.63, 3.8) is 0 Å². The summed E-state index contributed by atoms with van der Waals surface area (Å²) in [5.41, 5.74) is 1.09. The summed E-state index contributed by atoms with van der Waals surface area (Å²) in [6.45, 7) is 2.55. The minimum absolute atomic E-state index is 0.00198. The molecule has 3 aliphatic heterocycles. The highest BCUT2D eigenvalue weighted by Gasteiger charge is 2.43. The lowest BCUT2D eigenvalue weighted by Gasteiger charge is -2.36. The van der Waals surface area contributed by atoms with E-state index in [4.69, 9.17) is 0 Å². The maximum Gasteiger partial charge on any atom is 0.242 e. The Morgan fingerprint density at radius 2 is 1.88 bits per heavy atom. The summed E-state index contributed by atoms with van der Waals surface area (Å²) in [5, 5.41) is 1.15. The molecule has 5 heteroatoms. The van der Waals surface area contributed by atoms with Gasteiger partial charge in [-0.2, -0.15) is 0 Å². The third-order valence-electron chi connectivity index (χ3n) is 6.28. The van der Waals surface area contributed by atoms with Crippen molar-refractivity contribution in [2.75, 3.05) is 19.6 Å². The molecule has 2 atom stereocenters. The number of aromatic nitrogens is 1. The van der Waals surface area contributed by atoms with Crippen molar-refractivity contribution in [1.82, 2.24) is 14.4 Å². The van der Waals surface area contributed by atoms with Crippen LogP contribution in [0.2, 0.25) is 0 Å². The molecular formula is C21H25N3O2. The van der Waals surface area contributed by atoms with Crippen LogP contribution in [-0.2, 0) is 16.1 Å². The van der Waals surface area contributed by atoms with Crippen LogP contribution in [0.25, 0.3) is 10.9 Å². The maximum absolute atomic E-state index is 13.0. The number of para-hydroxylation sites is 1. The summed E-state index contributed by atoms with van der Waals surface area (Å²) in [5.74, 6) is 1.12. The van der Waals surface area contributed by atoms with Gasteiger partial charge < -0.3 is 14.4 Å². The van der Waals surface area contributed by atoms with E-state index >= 15 is 0 Å². The standard InChI is InChI=1S/C21H25N3O2/c25-20(14-22-10-9-16-3-1-2-4-19(16)22)23-12-17-7-8-18(13-23)24(21(17)26)11-15-5-6-15/h1-4,9-10,15,17-18H,5-8,11-14H2/t17-,18+/m0/s1. The lowest BCUT2D eigenvalue weighted by molar-refractivity contribution is -0.140. The van der Waals surface area contributed by atoms with Gasteiger partial charge in [0, 0.05) is 37.4 Å². The van der Waals surface area contributed by atoms with Crippen LogP contribution in [0.4, 0.5) is 0 Å². The zero-order chi connectivity index (χ0) is 17.7. The van der Waals surface area contributed by atoms with E-state index in [-0.39, 0.29) is 23.8 Å². The molecule has 0 spiro atoms. The van der Waals surface area contributed by atoms with Gasteiger partial charge >= 0.3 is 0 Å². The molecule has 4 heterocycles. The van der Waals surface area contributed by atoms with Gasteiger partial charge in [-0.1, -0.05) is 18.2 Å². The first-order chi connectivity index (χ1) is 12.7. The molecule has 0 unspecified atom stereocenters. The Kier molecular flexibility index (Phi) is 3.76. The molecule has 4 aliphatic rings. The summed E-state index contributed by atoms with van der Waals surface area (Å²) < 4.78 is 2.02. The van der Waals surface area contributed by atoms with Crippen molar-refractivity contribution in [2.45, 2.75) is 38.3 Å². The van der Waals surface area contributed by atoms with E-state index in [0.29, 0.717) is 25.6 Å². The molecule has 3 saturated heterocycles. The molecule has 2 aromatic rings. The quantitative estimate of drug-likeness (QED) is 0.850. The second-order valence-electron chi connectivity index (χ2n) is 8.16. The number of amides is 2. The first-order valence-electron chi connectivity index (χ1n) is 9.81. The summed E-state index contributed by atoms with van der Waals surface area (Å²) in [6, 6.07) is 10.4. The zero-order valence-electron chi connectivity index (χ0n) is 15.0. The average Bonchev–Trinajstić information content (AvgIpc) is 3.43. The van der Waals surface area contributed by atoms with Crippen LogP contribution in [-0.4, -0.2) is 51.9 Å². The fourth-order valence-corrected chi connectivity index (χ4v) is 4.59. The minimum atomic E-state index is -0.00198. The van der Waals surface area contributed by atoms with Crippen LogP contribution >= 0.6 is 0 Å². The van der Waals surface area contributed by atoms with Gasteiger partial charge in [-0.05, 0) is 49.1 Å². The van der Waals surface area contributed by atoms with Crippen molar-refractivity contribution in [3.8, 4) is 0 Å². The Labute approximate surface area is 153 Å². The summed E-state index contributed by atoms with van der Waals surface area (Å²) in [7, 11) is 0. The fraction of sp³-hybridized carbons (Fsp3) is 0.524. The first kappa shape index (κ1) is 15.9. The van der Waals surface area contributed by atoms with E-state index in [2.05, 4.69) is 23.1 Å². The molecular weight excluding hydrogens is 326 g/mol. The normalized spacial score (nSPS) is 25.8. The molecule has 1 aromatic carbocycles. The van der Waals surface area contributed by atoms with Crippen LogP contribution in [0.5, 0.6) is 0 Å². The number of piperidine rings is 1. The van der Waals surface area contributed by atoms with Gasteiger partial charge in [0.1, 0.15) is 6.54 Å². The molecule has 0 radical (unpaired) electrons. The van der Waals surface area contributed by atoms with Crippen LogP contribution < -0.4 is 0 Å². The molecule has 26 heavy (non-hydrogen) atoms. The van der Waals surface area contributed by atoms with Crippen LogP contribution in [0.3, 0.4) is 0 Å². The van der Waals surface area contributed by atoms with E-state index in [9.17, 15) is 9.59 Å². The van der Waals surface area contributed by atoms with Crippen molar-refractivity contribution >= 4 is 22.7 Å². The number of fused-ring (bicyclic) bond motifs is 5. The molecule has 2 bridgehead atoms. The highest BCUT2D eigenvalue weighted by atomic mass is 16.2. The fourth-order valence-electron chi connectivity index (χ4n) is 4.59. The van der Waals surface area contributed by atoms with Crippen molar-refractivity contribution in [1.29, 1.82) is 0 Å². The van der Waals surface area contributed by atoms with Crippen LogP contribution in [0.1, 0.15) is 25.7 Å². The topological polar surface area (TPSA) is 45.6 Å². The third kappa shape index (κ3) is 2.79. The highest BCUT2D eigenvalue weighted by molar-refractivity contribution is 5.85. The Morgan fingerprint density at radius 1 is 1.04 bits per heavy atom. The molecule has 136 valence electrons. The van der Waals surface area contributed by atoms with Crippen LogP contribution in [0.15, 0.2) is 36.5 Å². The summed E-state index contributed by atoms with van der Waals surface area (Å²) in [4.78, 5) is 29.9. The second kappa shape index (κ2) is 6.15. The SMILES string of the molecule is O=C(Cn1ccc2ccccc21)N1C[C@@H]2CC[C@H](C1)N(CC1CC1)C2=O. The molecule has 0 N–H and O–H groups in total. The van der Waals surface area contributed by atoms with E-state index < -0.39 is 0 Å². The number of benzene rings is 1. The van der Waals surface area contributed by atoms with Crippen molar-refractivity contribution in [3.05, 3.63) is 36.5 Å². The largest absolute Gasteiger partial charge is 0.338 e. The number of carbonyl (C=O) groups is 2. The van der Waals surface area contributed by atoms with Crippen molar-refractivity contribution < 1.29 is 9.59 Å². The summed E-state index contributed by atoms with van der Waals surface area (Å²) in [6.07, 6.45) is 6.47. The smallest absolute Gasteiger partial charge is 0.242 e. The third-order valence-corrected chi connectivity index (χ3v) is 6.28. The number of hydrogen-bond donors (Lipinski definition) is 0. The minimum Gasteiger partial charge on any atom is -0.338 e. The van der Waals surface area contributed by atoms with Crippen LogP contribution in [0, 0.1) is 11.8 Å². The number of hydrogen-bond acceptors (Lipinski definition) is 2. The van der Waals surface area contributed by atoms with E-state index in [0.717, 1.165) is 30.3 Å². The van der Waals surface area contributed by atoms with E-state index in [1.165, 1.54) is 12.8 Å². The van der Waals surface area contributed by atoms with Gasteiger partial charge in [-0.15, -0.1) is 0 Å². The second-order valence-corrected chi connectivity index (χ2v) is 8.16. The Bertz CT molecular complexity index is 854. The molecule has 5 nitrogen and oxygen atoms in total. The van der Waals surface area contributed by atoms with Gasteiger partial charge in [0.2, 0.25) is 11.8 Å². The predicted octanol–water partition coefficient (Wildman–Crippen LogP) is 2.50. The lowest BCUT2D eigenvalue weighted by atomic mass is 9.94. The number of rotatable bonds is 4. The van der Waals surface area contributed by atoms with Crippen molar-refractivity contribution in [2.24, 2.45) is 11.8 Å². The first-order valence-corrected chi connectivity index (χ1v) is 9.81. The predicted molar refractivity (Wildman–Crippen MR) is 99.5 cm³/mol. The van der Waals surface area contributed by atoms with Gasteiger partial charge in [-0.3, -0.25) is 9.59 Å². The van der Waals surface area contributed by atoms with Gasteiger partial charge in [0.05, 0.1) is 5.92 Å². The van der Waals surface area contributed by atoms with Gasteiger partial charge in [0.15, 0.2) is 0 Å². The molecule has 1 aromatic heterocycles. The number of nitrogens with zero attached hydrogens (tertiary/aromatic N) is 3. The molecule has 6 rings (SSSR count). The Morgan fingerprint density at radius 3 is 2.73 bits per heavy atom. The molecule has 4 fully saturated rings. The number of carbonyl (C=O) groups excluding carboxylic acids is 2. The Balaban J connectivity index is 1.33. The summed E-state index contributed by atoms with van der Waals surface area (Å²) >= 11 is 0. The molecule has 1 saturated carbocycles. The van der Waals surface area contributed by atoms with E-state index in [1.807, 2.05) is 27.8 Å². The monoisotopic (exact) mass is 351 g/mol. The van der Waals surface area contributed by atoms with Gasteiger partial charge in [0.25, 0.3) is 0 Å². The Hall–Kier alpha value is -2.30. The maximum atomic E-state index is 13.0. The van der Waals surface area contributed by atoms with Gasteiger partial charge in [-0.25, -0.2) is 0 Å².